The van der Waals surface area contributed by atoms with Gasteiger partial charge in [-0.3, -0.25) is 0 Å². The molecule has 0 aliphatic carbocycles. The number of anilines is 1. The third kappa shape index (κ3) is 3.81. The molecule has 106 valence electrons. The van der Waals surface area contributed by atoms with Crippen LogP contribution < -0.4 is 15.2 Å². The van der Waals surface area contributed by atoms with Crippen LogP contribution in [0.1, 0.15) is 18.9 Å². The zero-order valence-corrected chi connectivity index (χ0v) is 12.2. The highest BCUT2D eigenvalue weighted by molar-refractivity contribution is 6.30. The third-order valence-corrected chi connectivity index (χ3v) is 3.04. The molecule has 2 rings (SSSR count). The zero-order valence-electron chi connectivity index (χ0n) is 11.4. The first-order valence-corrected chi connectivity index (χ1v) is 6.97. The summed E-state index contributed by atoms with van der Waals surface area (Å²) in [6.07, 6.45) is 0.957. The lowest BCUT2D eigenvalue weighted by Gasteiger charge is -2.13. The Morgan fingerprint density at radius 2 is 1.75 bits per heavy atom. The number of rotatable bonds is 6. The summed E-state index contributed by atoms with van der Waals surface area (Å²) in [6.45, 7) is 3.12. The maximum Gasteiger partial charge on any atom is 0.161 e. The van der Waals surface area contributed by atoms with Crippen LogP contribution in [0.3, 0.4) is 0 Å². The molecule has 0 spiro atoms. The second-order valence-electron chi connectivity index (χ2n) is 4.43. The summed E-state index contributed by atoms with van der Waals surface area (Å²) < 4.78 is 11.4. The highest BCUT2D eigenvalue weighted by atomic mass is 35.5. The maximum atomic E-state index is 5.91. The minimum atomic E-state index is 0.384. The first-order chi connectivity index (χ1) is 9.70. The molecular formula is C16H18ClNO2. The largest absolute Gasteiger partial charge is 0.490 e. The van der Waals surface area contributed by atoms with E-state index in [0.717, 1.165) is 23.5 Å². The van der Waals surface area contributed by atoms with Crippen LogP contribution in [0.2, 0.25) is 5.02 Å². The van der Waals surface area contributed by atoms with Crippen LogP contribution in [0.5, 0.6) is 11.5 Å². The van der Waals surface area contributed by atoms with Crippen LogP contribution in [-0.2, 0) is 6.61 Å². The Kier molecular flexibility index (Phi) is 5.13. The molecule has 0 heterocycles. The molecule has 0 radical (unpaired) electrons. The fourth-order valence-electron chi connectivity index (χ4n) is 1.75. The van der Waals surface area contributed by atoms with Gasteiger partial charge in [0.2, 0.25) is 0 Å². The van der Waals surface area contributed by atoms with Gasteiger partial charge in [-0.05, 0) is 30.7 Å². The molecule has 4 heteroatoms. The third-order valence-electron chi connectivity index (χ3n) is 2.80. The molecule has 0 atom stereocenters. The molecule has 0 aliphatic heterocycles. The Hall–Kier alpha value is -1.87. The predicted molar refractivity (Wildman–Crippen MR) is 82.4 cm³/mol. The molecular weight excluding hydrogens is 274 g/mol. The fourth-order valence-corrected chi connectivity index (χ4v) is 1.93. The summed E-state index contributed by atoms with van der Waals surface area (Å²) in [5.41, 5.74) is 7.44. The Labute approximate surface area is 124 Å². The average Bonchev–Trinajstić information content (AvgIpc) is 2.45. The standard InChI is InChI=1S/C16H18ClNO2/c1-2-9-19-15-5-3-4-6-16(15)20-11-12-7-8-13(17)10-14(12)18/h3-8,10H,2,9,11,18H2,1H3. The summed E-state index contributed by atoms with van der Waals surface area (Å²) in [5, 5.41) is 0.623. The Morgan fingerprint density at radius 3 is 2.40 bits per heavy atom. The van der Waals surface area contributed by atoms with Crippen LogP contribution in [0.15, 0.2) is 42.5 Å². The zero-order chi connectivity index (χ0) is 14.4. The average molecular weight is 292 g/mol. The quantitative estimate of drug-likeness (QED) is 0.808. The van der Waals surface area contributed by atoms with Crippen molar-refractivity contribution in [1.82, 2.24) is 0 Å². The van der Waals surface area contributed by atoms with E-state index in [1.807, 2.05) is 30.3 Å². The Bertz CT molecular complexity index is 572. The molecule has 0 bridgehead atoms. The molecule has 20 heavy (non-hydrogen) atoms. The van der Waals surface area contributed by atoms with Gasteiger partial charge < -0.3 is 15.2 Å². The number of benzene rings is 2. The van der Waals surface area contributed by atoms with E-state index in [1.54, 1.807) is 12.1 Å². The summed E-state index contributed by atoms with van der Waals surface area (Å²) in [7, 11) is 0. The number of halogens is 1. The predicted octanol–water partition coefficient (Wildman–Crippen LogP) is 4.29. The summed E-state index contributed by atoms with van der Waals surface area (Å²) in [5.74, 6) is 1.47. The van der Waals surface area contributed by atoms with E-state index in [2.05, 4.69) is 6.92 Å². The van der Waals surface area contributed by atoms with E-state index in [1.165, 1.54) is 0 Å². The molecule has 0 fully saturated rings. The van der Waals surface area contributed by atoms with Gasteiger partial charge in [-0.15, -0.1) is 0 Å². The van der Waals surface area contributed by atoms with E-state index in [0.29, 0.717) is 23.9 Å². The van der Waals surface area contributed by atoms with Crippen molar-refractivity contribution in [2.24, 2.45) is 0 Å². The molecule has 2 aromatic rings. The van der Waals surface area contributed by atoms with Crippen LogP contribution >= 0.6 is 11.6 Å². The van der Waals surface area contributed by atoms with E-state index >= 15 is 0 Å². The maximum absolute atomic E-state index is 5.91. The molecule has 0 saturated carbocycles. The molecule has 2 N–H and O–H groups in total. The Balaban J connectivity index is 2.06. The molecule has 0 aliphatic rings. The van der Waals surface area contributed by atoms with Gasteiger partial charge in [-0.2, -0.15) is 0 Å². The van der Waals surface area contributed by atoms with Crippen LogP contribution in [-0.4, -0.2) is 6.61 Å². The van der Waals surface area contributed by atoms with Crippen molar-refractivity contribution in [2.45, 2.75) is 20.0 Å². The van der Waals surface area contributed by atoms with Crippen molar-refractivity contribution in [3.8, 4) is 11.5 Å². The van der Waals surface area contributed by atoms with Gasteiger partial charge in [0.05, 0.1) is 6.61 Å². The smallest absolute Gasteiger partial charge is 0.161 e. The van der Waals surface area contributed by atoms with Crippen molar-refractivity contribution in [1.29, 1.82) is 0 Å². The molecule has 0 saturated heterocycles. The number of ether oxygens (including phenoxy) is 2. The van der Waals surface area contributed by atoms with Crippen LogP contribution in [0.4, 0.5) is 5.69 Å². The molecule has 2 aromatic carbocycles. The number of hydrogen-bond acceptors (Lipinski definition) is 3. The van der Waals surface area contributed by atoms with Gasteiger partial charge in [-0.25, -0.2) is 0 Å². The lowest BCUT2D eigenvalue weighted by Crippen LogP contribution is -2.02. The van der Waals surface area contributed by atoms with E-state index in [-0.39, 0.29) is 0 Å². The SMILES string of the molecule is CCCOc1ccccc1OCc1ccc(Cl)cc1N. The molecule has 0 aromatic heterocycles. The van der Waals surface area contributed by atoms with Gasteiger partial charge >= 0.3 is 0 Å². The molecule has 0 unspecified atom stereocenters. The summed E-state index contributed by atoms with van der Waals surface area (Å²) >= 11 is 5.88. The number of nitrogen functional groups attached to an aromatic ring is 1. The van der Waals surface area contributed by atoms with Crippen molar-refractivity contribution < 1.29 is 9.47 Å². The second kappa shape index (κ2) is 7.06. The van der Waals surface area contributed by atoms with Gasteiger partial charge in [-0.1, -0.05) is 36.7 Å². The van der Waals surface area contributed by atoms with Crippen molar-refractivity contribution in [2.75, 3.05) is 12.3 Å². The van der Waals surface area contributed by atoms with E-state index < -0.39 is 0 Å². The molecule has 0 amide bonds. The van der Waals surface area contributed by atoms with Crippen molar-refractivity contribution in [3.05, 3.63) is 53.1 Å². The highest BCUT2D eigenvalue weighted by Crippen LogP contribution is 2.28. The van der Waals surface area contributed by atoms with E-state index in [9.17, 15) is 0 Å². The normalized spacial score (nSPS) is 10.3. The second-order valence-corrected chi connectivity index (χ2v) is 4.86. The lowest BCUT2D eigenvalue weighted by atomic mass is 10.2. The number of hydrogen-bond donors (Lipinski definition) is 1. The van der Waals surface area contributed by atoms with E-state index in [4.69, 9.17) is 26.8 Å². The number of nitrogens with two attached hydrogens (primary N) is 1. The monoisotopic (exact) mass is 291 g/mol. The molecule has 3 nitrogen and oxygen atoms in total. The highest BCUT2D eigenvalue weighted by Gasteiger charge is 2.06. The first kappa shape index (κ1) is 14.5. The minimum Gasteiger partial charge on any atom is -0.490 e. The van der Waals surface area contributed by atoms with Crippen molar-refractivity contribution in [3.63, 3.8) is 0 Å². The topological polar surface area (TPSA) is 44.5 Å². The van der Waals surface area contributed by atoms with Gasteiger partial charge in [0.25, 0.3) is 0 Å². The fraction of sp³-hybridized carbons (Fsp3) is 0.250. The van der Waals surface area contributed by atoms with Crippen LogP contribution in [0.25, 0.3) is 0 Å². The minimum absolute atomic E-state index is 0.384. The van der Waals surface area contributed by atoms with Gasteiger partial charge in [0.15, 0.2) is 11.5 Å². The Morgan fingerprint density at radius 1 is 1.05 bits per heavy atom. The number of para-hydroxylation sites is 2. The van der Waals surface area contributed by atoms with Crippen LogP contribution in [0, 0.1) is 0 Å². The summed E-state index contributed by atoms with van der Waals surface area (Å²) in [6, 6.07) is 13.0. The van der Waals surface area contributed by atoms with Gasteiger partial charge in [0.1, 0.15) is 6.61 Å². The van der Waals surface area contributed by atoms with Crippen molar-refractivity contribution >= 4 is 17.3 Å². The lowest BCUT2D eigenvalue weighted by molar-refractivity contribution is 0.262. The summed E-state index contributed by atoms with van der Waals surface area (Å²) in [4.78, 5) is 0. The van der Waals surface area contributed by atoms with Gasteiger partial charge in [0, 0.05) is 16.3 Å². The first-order valence-electron chi connectivity index (χ1n) is 6.59.